The smallest absolute Gasteiger partial charge is 0.394 e. The predicted octanol–water partition coefficient (Wildman–Crippen LogP) is -3.32. The minimum absolute atomic E-state index is 0.0279. The van der Waals surface area contributed by atoms with Crippen molar-refractivity contribution in [3.8, 4) is 0 Å². The first-order chi connectivity index (χ1) is 18.5. The van der Waals surface area contributed by atoms with Crippen molar-refractivity contribution in [2.75, 3.05) is 18.9 Å². The molecule has 2 aromatic heterocycles. The van der Waals surface area contributed by atoms with E-state index in [0.717, 1.165) is 17.2 Å². The van der Waals surface area contributed by atoms with Gasteiger partial charge in [0.05, 0.1) is 19.5 Å². The average Bonchev–Trinajstić information content (AvgIpc) is 3.40. The molecule has 0 aliphatic carbocycles. The Hall–Kier alpha value is -1.81. The molecule has 0 radical (unpaired) electrons. The number of phosphoric ester groups is 2. The van der Waals surface area contributed by atoms with Gasteiger partial charge >= 0.3 is 23.5 Å². The van der Waals surface area contributed by atoms with Gasteiger partial charge in [0.1, 0.15) is 42.4 Å². The molecule has 0 spiro atoms. The Labute approximate surface area is 222 Å². The molecular weight excluding hydrogens is 615 g/mol. The number of anilines is 1. The Bertz CT molecular complexity index is 1330. The minimum atomic E-state index is -5.80. The lowest BCUT2D eigenvalue weighted by Gasteiger charge is -2.29. The number of aliphatic hydroxyl groups is 4. The number of ether oxygens (including phenoxy) is 1. The van der Waals surface area contributed by atoms with E-state index in [1.807, 2.05) is 0 Å². The van der Waals surface area contributed by atoms with Crippen LogP contribution in [-0.4, -0.2) is 116 Å². The van der Waals surface area contributed by atoms with Gasteiger partial charge in [-0.1, -0.05) is 0 Å². The van der Waals surface area contributed by atoms with Gasteiger partial charge in [0.25, 0.3) is 0 Å². The van der Waals surface area contributed by atoms with Gasteiger partial charge in [-0.3, -0.25) is 18.1 Å². The SMILES string of the molecule is Nc1ncnc2c1ncn2[C@@H]1O[C@H](COP(=O)(O)O)[C@@H](OP(=O)(O[C@@H](C=O)[C@H](O)[C@H](O)CO)OP(=O)(O)O)[C@H]1O. The Morgan fingerprint density at radius 1 is 1.12 bits per heavy atom. The number of carbonyl (C=O) groups is 1. The highest BCUT2D eigenvalue weighted by atomic mass is 31.3. The summed E-state index contributed by atoms with van der Waals surface area (Å²) in [6.45, 7) is -2.23. The summed E-state index contributed by atoms with van der Waals surface area (Å²) in [5, 5.41) is 39.5. The fourth-order valence-corrected chi connectivity index (χ4v) is 6.20. The van der Waals surface area contributed by atoms with Crippen LogP contribution >= 0.6 is 23.5 Å². The molecule has 3 rings (SSSR count). The van der Waals surface area contributed by atoms with Crippen molar-refractivity contribution in [3.05, 3.63) is 12.7 Å². The zero-order valence-corrected chi connectivity index (χ0v) is 22.3. The highest BCUT2D eigenvalue weighted by Crippen LogP contribution is 2.63. The Morgan fingerprint density at radius 2 is 1.80 bits per heavy atom. The number of fused-ring (bicyclic) bond motifs is 1. The van der Waals surface area contributed by atoms with Gasteiger partial charge in [0.2, 0.25) is 0 Å². The fourth-order valence-electron chi connectivity index (χ4n) is 3.43. The van der Waals surface area contributed by atoms with Crippen molar-refractivity contribution in [1.29, 1.82) is 0 Å². The topological polar surface area (TPSA) is 346 Å². The number of phosphoric acid groups is 3. The van der Waals surface area contributed by atoms with E-state index >= 15 is 0 Å². The standard InChI is InChI=1S/C15H24N5O17P3/c16-13-9-14(18-4-17-13)20(5-19-9)15-11(25)12(8(34-15)3-33-38(26,27)28)36-40(32,37-39(29,30)31)35-7(2-22)10(24)6(23)1-21/h2,4-8,10-12,15,21,23-25H,1,3H2,(H2,16,17,18)(H2,26,27,28)(H2,29,30,31)/t6-,7+,8-,10-,11-,12-,15-,40?/m1/s1. The van der Waals surface area contributed by atoms with Crippen LogP contribution in [0.2, 0.25) is 0 Å². The maximum atomic E-state index is 13.3. The van der Waals surface area contributed by atoms with Crippen molar-refractivity contribution in [2.24, 2.45) is 0 Å². The zero-order chi connectivity index (χ0) is 30.0. The summed E-state index contributed by atoms with van der Waals surface area (Å²) in [4.78, 5) is 59.7. The first kappa shape index (κ1) is 32.7. The van der Waals surface area contributed by atoms with Crippen LogP contribution in [-0.2, 0) is 41.1 Å². The molecule has 3 heterocycles. The molecule has 40 heavy (non-hydrogen) atoms. The number of aldehydes is 1. The number of hydrogen-bond acceptors (Lipinski definition) is 17. The van der Waals surface area contributed by atoms with Crippen LogP contribution < -0.4 is 5.73 Å². The third kappa shape index (κ3) is 7.93. The lowest BCUT2D eigenvalue weighted by atomic mass is 10.1. The van der Waals surface area contributed by atoms with Gasteiger partial charge < -0.3 is 55.3 Å². The van der Waals surface area contributed by atoms with Crippen LogP contribution in [0.15, 0.2) is 12.7 Å². The molecule has 22 nitrogen and oxygen atoms in total. The lowest BCUT2D eigenvalue weighted by molar-refractivity contribution is -0.128. The highest BCUT2D eigenvalue weighted by Gasteiger charge is 2.53. The Balaban J connectivity index is 2.00. The van der Waals surface area contributed by atoms with Crippen LogP contribution in [0.4, 0.5) is 5.82 Å². The second-order valence-corrected chi connectivity index (χ2v) is 12.2. The summed E-state index contributed by atoms with van der Waals surface area (Å²) in [7, 11) is -16.8. The monoisotopic (exact) mass is 639 g/mol. The van der Waals surface area contributed by atoms with Gasteiger partial charge in [-0.2, -0.15) is 4.31 Å². The minimum Gasteiger partial charge on any atom is -0.394 e. The molecule has 1 unspecified atom stereocenters. The van der Waals surface area contributed by atoms with E-state index in [9.17, 15) is 43.6 Å². The molecule has 10 N–H and O–H groups in total. The van der Waals surface area contributed by atoms with Crippen LogP contribution in [0, 0.1) is 0 Å². The van der Waals surface area contributed by atoms with E-state index in [4.69, 9.17) is 29.9 Å². The normalized spacial score (nSPS) is 25.9. The molecule has 1 aliphatic rings. The van der Waals surface area contributed by atoms with Gasteiger partial charge in [0, 0.05) is 0 Å². The second kappa shape index (κ2) is 12.6. The number of hydrogen-bond donors (Lipinski definition) is 9. The third-order valence-electron chi connectivity index (χ3n) is 5.14. The number of nitrogens with two attached hydrogens (primary N) is 1. The number of nitrogens with zero attached hydrogens (tertiary/aromatic N) is 4. The molecule has 8 atom stereocenters. The molecular formula is C15H24N5O17P3. The second-order valence-electron chi connectivity index (χ2n) is 7.96. The maximum absolute atomic E-state index is 13.3. The van der Waals surface area contributed by atoms with Crippen LogP contribution in [0.25, 0.3) is 11.2 Å². The van der Waals surface area contributed by atoms with E-state index in [0.29, 0.717) is 0 Å². The van der Waals surface area contributed by atoms with E-state index in [-0.39, 0.29) is 23.3 Å². The lowest BCUT2D eigenvalue weighted by Crippen LogP contribution is -2.42. The average molecular weight is 639 g/mol. The molecule has 1 saturated heterocycles. The Morgan fingerprint density at radius 3 is 2.38 bits per heavy atom. The molecule has 226 valence electrons. The summed E-state index contributed by atoms with van der Waals surface area (Å²) in [5.74, 6) is -0.0816. The van der Waals surface area contributed by atoms with E-state index in [1.54, 1.807) is 0 Å². The van der Waals surface area contributed by atoms with Crippen molar-refractivity contribution in [2.45, 2.75) is 42.9 Å². The van der Waals surface area contributed by atoms with Crippen molar-refractivity contribution >= 4 is 46.7 Å². The molecule has 0 aromatic carbocycles. The largest absolute Gasteiger partial charge is 0.484 e. The van der Waals surface area contributed by atoms with E-state index in [1.165, 1.54) is 0 Å². The number of aliphatic hydroxyl groups excluding tert-OH is 4. The molecule has 0 saturated carbocycles. The Kier molecular flexibility index (Phi) is 10.3. The summed E-state index contributed by atoms with van der Waals surface area (Å²) >= 11 is 0. The number of aromatic nitrogens is 4. The fraction of sp³-hybridized carbons (Fsp3) is 0.600. The molecule has 25 heteroatoms. The molecule has 1 fully saturated rings. The number of rotatable bonds is 14. The summed E-state index contributed by atoms with van der Waals surface area (Å²) < 4.78 is 60.9. The van der Waals surface area contributed by atoms with E-state index in [2.05, 4.69) is 28.3 Å². The number of nitrogen functional groups attached to an aromatic ring is 1. The molecule has 0 amide bonds. The number of carbonyl (C=O) groups excluding carboxylic acids is 1. The summed E-state index contributed by atoms with van der Waals surface area (Å²) in [6, 6.07) is 0. The molecule has 1 aliphatic heterocycles. The van der Waals surface area contributed by atoms with Gasteiger partial charge in [0.15, 0.2) is 30.1 Å². The van der Waals surface area contributed by atoms with Crippen molar-refractivity contribution < 1.29 is 81.1 Å². The maximum Gasteiger partial charge on any atom is 0.484 e. The van der Waals surface area contributed by atoms with Gasteiger partial charge in [-0.25, -0.2) is 28.6 Å². The van der Waals surface area contributed by atoms with Crippen LogP contribution in [0.5, 0.6) is 0 Å². The zero-order valence-electron chi connectivity index (χ0n) is 19.6. The van der Waals surface area contributed by atoms with Crippen LogP contribution in [0.1, 0.15) is 6.23 Å². The number of imidazole rings is 1. The predicted molar refractivity (Wildman–Crippen MR) is 123 cm³/mol. The third-order valence-corrected chi connectivity index (χ3v) is 8.28. The molecule has 0 bridgehead atoms. The van der Waals surface area contributed by atoms with Gasteiger partial charge in [-0.15, -0.1) is 0 Å². The van der Waals surface area contributed by atoms with Gasteiger partial charge in [-0.05, 0) is 0 Å². The summed E-state index contributed by atoms with van der Waals surface area (Å²) in [5.41, 5.74) is 5.73. The van der Waals surface area contributed by atoms with Crippen molar-refractivity contribution in [1.82, 2.24) is 19.5 Å². The van der Waals surface area contributed by atoms with E-state index < -0.39 is 79.5 Å². The quantitative estimate of drug-likeness (QED) is 0.0721. The highest BCUT2D eigenvalue weighted by molar-refractivity contribution is 7.61. The molecule has 2 aromatic rings. The van der Waals surface area contributed by atoms with Crippen LogP contribution in [0.3, 0.4) is 0 Å². The summed E-state index contributed by atoms with van der Waals surface area (Å²) in [6.07, 6.45) is -12.6. The first-order valence-electron chi connectivity index (χ1n) is 10.6. The first-order valence-corrected chi connectivity index (χ1v) is 15.1. The van der Waals surface area contributed by atoms with Crippen molar-refractivity contribution in [3.63, 3.8) is 0 Å².